The first kappa shape index (κ1) is 8.83. The molecule has 70 valence electrons. The molecule has 0 spiro atoms. The van der Waals surface area contributed by atoms with Gasteiger partial charge in [-0.1, -0.05) is 0 Å². The van der Waals surface area contributed by atoms with Crippen molar-refractivity contribution in [3.63, 3.8) is 0 Å². The van der Waals surface area contributed by atoms with E-state index in [1.165, 1.54) is 11.3 Å². The van der Waals surface area contributed by atoms with Crippen LogP contribution in [-0.2, 0) is 0 Å². The summed E-state index contributed by atoms with van der Waals surface area (Å²) >= 11 is 1.31. The van der Waals surface area contributed by atoms with Gasteiger partial charge >= 0.3 is 0 Å². The fourth-order valence-electron chi connectivity index (χ4n) is 1.14. The highest BCUT2D eigenvalue weighted by atomic mass is 32.1. The fraction of sp³-hybridized carbons (Fsp3) is 0. The first-order valence-electron chi connectivity index (χ1n) is 3.92. The molecular formula is C9H7N3OS. The summed E-state index contributed by atoms with van der Waals surface area (Å²) in [6.45, 7) is 0. The summed E-state index contributed by atoms with van der Waals surface area (Å²) in [5, 5.41) is 1.81. The minimum Gasteiger partial charge on any atom is -0.365 e. The Kier molecular flexibility index (Phi) is 2.24. The van der Waals surface area contributed by atoms with Crippen LogP contribution in [0.25, 0.3) is 11.3 Å². The van der Waals surface area contributed by atoms with Crippen molar-refractivity contribution in [3.8, 4) is 11.3 Å². The summed E-state index contributed by atoms with van der Waals surface area (Å²) in [5.41, 5.74) is 6.63. The van der Waals surface area contributed by atoms with Crippen LogP contribution in [0.3, 0.4) is 0 Å². The predicted octanol–water partition coefficient (Wildman–Crippen LogP) is 1.30. The van der Waals surface area contributed by atoms with Crippen molar-refractivity contribution in [2.24, 2.45) is 5.73 Å². The van der Waals surface area contributed by atoms with Gasteiger partial charge in [-0.15, -0.1) is 11.3 Å². The molecule has 0 fully saturated rings. The standard InChI is InChI=1S/C9H7N3OS/c10-9(13)8-6(1-4-14-8)7-5-11-2-3-12-7/h1-5H,(H2,10,13). The van der Waals surface area contributed by atoms with Gasteiger partial charge in [-0.3, -0.25) is 14.8 Å². The van der Waals surface area contributed by atoms with E-state index >= 15 is 0 Å². The number of nitrogens with two attached hydrogens (primary N) is 1. The van der Waals surface area contributed by atoms with Crippen LogP contribution in [0.2, 0.25) is 0 Å². The molecule has 4 nitrogen and oxygen atoms in total. The van der Waals surface area contributed by atoms with Crippen LogP contribution in [0.15, 0.2) is 30.0 Å². The highest BCUT2D eigenvalue weighted by Crippen LogP contribution is 2.25. The van der Waals surface area contributed by atoms with Gasteiger partial charge in [0.2, 0.25) is 0 Å². The molecule has 0 bridgehead atoms. The molecule has 2 rings (SSSR count). The summed E-state index contributed by atoms with van der Waals surface area (Å²) in [6, 6.07) is 1.81. The zero-order valence-corrected chi connectivity index (χ0v) is 7.99. The van der Waals surface area contributed by atoms with Crippen molar-refractivity contribution in [3.05, 3.63) is 34.9 Å². The minimum atomic E-state index is -0.430. The summed E-state index contributed by atoms with van der Waals surface area (Å²) in [7, 11) is 0. The number of carbonyl (C=O) groups is 1. The van der Waals surface area contributed by atoms with E-state index in [0.29, 0.717) is 10.6 Å². The van der Waals surface area contributed by atoms with Crippen molar-refractivity contribution in [2.45, 2.75) is 0 Å². The molecule has 5 heteroatoms. The molecule has 0 aliphatic carbocycles. The third kappa shape index (κ3) is 1.49. The van der Waals surface area contributed by atoms with Crippen LogP contribution in [0.5, 0.6) is 0 Å². The number of carbonyl (C=O) groups excluding carboxylic acids is 1. The SMILES string of the molecule is NC(=O)c1sccc1-c1cnccn1. The number of amides is 1. The second-order valence-corrected chi connectivity index (χ2v) is 3.53. The average molecular weight is 205 g/mol. The number of nitrogens with zero attached hydrogens (tertiary/aromatic N) is 2. The number of hydrogen-bond acceptors (Lipinski definition) is 4. The molecule has 0 aliphatic rings. The first-order valence-corrected chi connectivity index (χ1v) is 4.80. The maximum Gasteiger partial charge on any atom is 0.259 e. The van der Waals surface area contributed by atoms with Gasteiger partial charge in [0.15, 0.2) is 0 Å². The Hall–Kier alpha value is -1.75. The largest absolute Gasteiger partial charge is 0.365 e. The lowest BCUT2D eigenvalue weighted by molar-refractivity contribution is 0.100. The van der Waals surface area contributed by atoms with Crippen LogP contribution in [0.1, 0.15) is 9.67 Å². The Morgan fingerprint density at radius 1 is 1.43 bits per heavy atom. The van der Waals surface area contributed by atoms with Crippen molar-refractivity contribution < 1.29 is 4.79 Å². The molecule has 0 atom stereocenters. The zero-order chi connectivity index (χ0) is 9.97. The quantitative estimate of drug-likeness (QED) is 0.803. The van der Waals surface area contributed by atoms with Crippen LogP contribution in [0.4, 0.5) is 0 Å². The van der Waals surface area contributed by atoms with Gasteiger partial charge in [-0.05, 0) is 11.4 Å². The molecule has 0 saturated heterocycles. The second-order valence-electron chi connectivity index (χ2n) is 2.62. The molecule has 0 aromatic carbocycles. The smallest absolute Gasteiger partial charge is 0.259 e. The molecular weight excluding hydrogens is 198 g/mol. The van der Waals surface area contributed by atoms with E-state index < -0.39 is 5.91 Å². The number of hydrogen-bond donors (Lipinski definition) is 1. The zero-order valence-electron chi connectivity index (χ0n) is 7.18. The highest BCUT2D eigenvalue weighted by molar-refractivity contribution is 7.12. The van der Waals surface area contributed by atoms with Gasteiger partial charge in [0.05, 0.1) is 11.9 Å². The topological polar surface area (TPSA) is 68.9 Å². The van der Waals surface area contributed by atoms with Crippen LogP contribution in [-0.4, -0.2) is 15.9 Å². The lowest BCUT2D eigenvalue weighted by Crippen LogP contribution is -2.10. The molecule has 0 saturated carbocycles. The maximum atomic E-state index is 11.0. The average Bonchev–Trinajstić information content (AvgIpc) is 2.67. The number of aromatic nitrogens is 2. The van der Waals surface area contributed by atoms with Crippen molar-refractivity contribution >= 4 is 17.2 Å². The second kappa shape index (κ2) is 3.55. The van der Waals surface area contributed by atoms with E-state index in [-0.39, 0.29) is 0 Å². The lowest BCUT2D eigenvalue weighted by Gasteiger charge is -1.97. The minimum absolute atomic E-state index is 0.430. The molecule has 14 heavy (non-hydrogen) atoms. The van der Waals surface area contributed by atoms with Gasteiger partial charge in [-0.25, -0.2) is 0 Å². The van der Waals surface area contributed by atoms with E-state index in [1.54, 1.807) is 18.6 Å². The van der Waals surface area contributed by atoms with Crippen LogP contribution >= 0.6 is 11.3 Å². The first-order chi connectivity index (χ1) is 6.79. The third-order valence-corrected chi connectivity index (χ3v) is 2.66. The van der Waals surface area contributed by atoms with Gasteiger partial charge in [-0.2, -0.15) is 0 Å². The molecule has 2 heterocycles. The third-order valence-electron chi connectivity index (χ3n) is 1.73. The predicted molar refractivity (Wildman–Crippen MR) is 53.9 cm³/mol. The highest BCUT2D eigenvalue weighted by Gasteiger charge is 2.11. The van der Waals surface area contributed by atoms with Gasteiger partial charge < -0.3 is 5.73 Å². The van der Waals surface area contributed by atoms with Crippen molar-refractivity contribution in [1.82, 2.24) is 9.97 Å². The fourth-order valence-corrected chi connectivity index (χ4v) is 1.90. The van der Waals surface area contributed by atoms with Crippen molar-refractivity contribution in [1.29, 1.82) is 0 Å². The monoisotopic (exact) mass is 205 g/mol. The maximum absolute atomic E-state index is 11.0. The molecule has 2 aromatic rings. The molecule has 2 N–H and O–H groups in total. The number of rotatable bonds is 2. The van der Waals surface area contributed by atoms with Crippen LogP contribution in [0, 0.1) is 0 Å². The summed E-state index contributed by atoms with van der Waals surface area (Å²) in [6.07, 6.45) is 4.77. The van der Waals surface area contributed by atoms with E-state index in [0.717, 1.165) is 5.56 Å². The summed E-state index contributed by atoms with van der Waals surface area (Å²) < 4.78 is 0. The molecule has 0 radical (unpaired) electrons. The van der Waals surface area contributed by atoms with Crippen LogP contribution < -0.4 is 5.73 Å². The van der Waals surface area contributed by atoms with E-state index in [2.05, 4.69) is 9.97 Å². The summed E-state index contributed by atoms with van der Waals surface area (Å²) in [5.74, 6) is -0.430. The van der Waals surface area contributed by atoms with Gasteiger partial charge in [0, 0.05) is 18.0 Å². The number of thiophene rings is 1. The van der Waals surface area contributed by atoms with Gasteiger partial charge in [0.25, 0.3) is 5.91 Å². The Morgan fingerprint density at radius 3 is 2.93 bits per heavy atom. The van der Waals surface area contributed by atoms with E-state index in [4.69, 9.17) is 5.73 Å². The lowest BCUT2D eigenvalue weighted by atomic mass is 10.2. The Morgan fingerprint density at radius 2 is 2.29 bits per heavy atom. The Labute approximate surface area is 84.4 Å². The molecule has 1 amide bonds. The van der Waals surface area contributed by atoms with E-state index in [1.807, 2.05) is 11.4 Å². The molecule has 0 unspecified atom stereocenters. The molecule has 2 aromatic heterocycles. The number of primary amides is 1. The van der Waals surface area contributed by atoms with E-state index in [9.17, 15) is 4.79 Å². The Balaban J connectivity index is 2.52. The van der Waals surface area contributed by atoms with Crippen molar-refractivity contribution in [2.75, 3.05) is 0 Å². The Bertz CT molecular complexity index is 452. The normalized spacial score (nSPS) is 10.0. The van der Waals surface area contributed by atoms with Gasteiger partial charge in [0.1, 0.15) is 4.88 Å². The molecule has 0 aliphatic heterocycles. The summed E-state index contributed by atoms with van der Waals surface area (Å²) in [4.78, 5) is 19.6.